The highest BCUT2D eigenvalue weighted by Gasteiger charge is 2.13. The zero-order valence-corrected chi connectivity index (χ0v) is 13.6. The van der Waals surface area contributed by atoms with Crippen molar-refractivity contribution in [3.05, 3.63) is 52.0 Å². The molecule has 20 heavy (non-hydrogen) atoms. The van der Waals surface area contributed by atoms with Crippen LogP contribution >= 0.6 is 11.3 Å². The molecule has 1 atom stereocenters. The first-order valence-electron chi connectivity index (χ1n) is 7.18. The second-order valence-electron chi connectivity index (χ2n) is 6.28. The van der Waals surface area contributed by atoms with E-state index in [1.165, 1.54) is 16.8 Å². The number of aromatic nitrogens is 1. The molecule has 3 heteroatoms. The van der Waals surface area contributed by atoms with E-state index in [2.05, 4.69) is 67.6 Å². The molecule has 0 aliphatic rings. The summed E-state index contributed by atoms with van der Waals surface area (Å²) in [6.45, 7) is 9.92. The van der Waals surface area contributed by atoms with E-state index < -0.39 is 0 Å². The first-order chi connectivity index (χ1) is 9.47. The van der Waals surface area contributed by atoms with Crippen LogP contribution in [0.1, 0.15) is 50.6 Å². The van der Waals surface area contributed by atoms with E-state index in [9.17, 15) is 0 Å². The molecule has 0 fully saturated rings. The van der Waals surface area contributed by atoms with Gasteiger partial charge in [0.05, 0.1) is 11.2 Å². The van der Waals surface area contributed by atoms with Gasteiger partial charge in [0.2, 0.25) is 0 Å². The van der Waals surface area contributed by atoms with Crippen LogP contribution in [0.25, 0.3) is 0 Å². The SMILES string of the molecule is CC(NCCc1cscn1)c1ccc(C(C)(C)C)cc1. The number of benzene rings is 1. The van der Waals surface area contributed by atoms with Crippen molar-refractivity contribution in [1.82, 2.24) is 10.3 Å². The Morgan fingerprint density at radius 3 is 2.45 bits per heavy atom. The molecule has 1 heterocycles. The molecule has 0 spiro atoms. The number of nitrogens with one attached hydrogen (secondary N) is 1. The van der Waals surface area contributed by atoms with E-state index in [0.29, 0.717) is 6.04 Å². The Morgan fingerprint density at radius 1 is 1.20 bits per heavy atom. The molecule has 0 radical (unpaired) electrons. The van der Waals surface area contributed by atoms with Gasteiger partial charge in [-0.2, -0.15) is 0 Å². The van der Waals surface area contributed by atoms with Crippen molar-refractivity contribution in [2.45, 2.75) is 45.6 Å². The second-order valence-corrected chi connectivity index (χ2v) is 7.00. The lowest BCUT2D eigenvalue weighted by molar-refractivity contribution is 0.569. The van der Waals surface area contributed by atoms with Crippen LogP contribution in [0.15, 0.2) is 35.2 Å². The summed E-state index contributed by atoms with van der Waals surface area (Å²) >= 11 is 1.66. The van der Waals surface area contributed by atoms with Crippen molar-refractivity contribution in [2.75, 3.05) is 6.54 Å². The van der Waals surface area contributed by atoms with Crippen molar-refractivity contribution in [1.29, 1.82) is 0 Å². The Labute approximate surface area is 126 Å². The zero-order valence-electron chi connectivity index (χ0n) is 12.8. The third kappa shape index (κ3) is 4.15. The van der Waals surface area contributed by atoms with Crippen molar-refractivity contribution >= 4 is 11.3 Å². The van der Waals surface area contributed by atoms with Crippen LogP contribution in [-0.4, -0.2) is 11.5 Å². The maximum atomic E-state index is 4.30. The second kappa shape index (κ2) is 6.51. The van der Waals surface area contributed by atoms with E-state index in [0.717, 1.165) is 13.0 Å². The summed E-state index contributed by atoms with van der Waals surface area (Å²) in [6.07, 6.45) is 0.994. The maximum absolute atomic E-state index is 4.30. The lowest BCUT2D eigenvalue weighted by atomic mass is 9.86. The highest BCUT2D eigenvalue weighted by Crippen LogP contribution is 2.23. The fraction of sp³-hybridized carbons (Fsp3) is 0.471. The van der Waals surface area contributed by atoms with Gasteiger partial charge in [-0.15, -0.1) is 11.3 Å². The van der Waals surface area contributed by atoms with Crippen molar-refractivity contribution in [3.63, 3.8) is 0 Å². The topological polar surface area (TPSA) is 24.9 Å². The number of hydrogen-bond donors (Lipinski definition) is 1. The number of thiazole rings is 1. The number of nitrogens with zero attached hydrogens (tertiary/aromatic N) is 1. The minimum Gasteiger partial charge on any atom is -0.310 e. The first-order valence-corrected chi connectivity index (χ1v) is 8.12. The fourth-order valence-corrected chi connectivity index (χ4v) is 2.76. The Balaban J connectivity index is 1.87. The lowest BCUT2D eigenvalue weighted by Crippen LogP contribution is -2.21. The molecular formula is C17H24N2S. The van der Waals surface area contributed by atoms with Crippen molar-refractivity contribution in [2.24, 2.45) is 0 Å². The molecule has 1 aromatic carbocycles. The monoisotopic (exact) mass is 288 g/mol. The molecule has 108 valence electrons. The number of rotatable bonds is 5. The van der Waals surface area contributed by atoms with Gasteiger partial charge < -0.3 is 5.32 Å². The molecule has 0 saturated carbocycles. The zero-order chi connectivity index (χ0) is 14.6. The van der Waals surface area contributed by atoms with Crippen LogP contribution in [0.4, 0.5) is 0 Å². The van der Waals surface area contributed by atoms with Crippen LogP contribution in [0.3, 0.4) is 0 Å². The van der Waals surface area contributed by atoms with Crippen LogP contribution < -0.4 is 5.32 Å². The highest BCUT2D eigenvalue weighted by atomic mass is 32.1. The minimum absolute atomic E-state index is 0.222. The van der Waals surface area contributed by atoms with Crippen molar-refractivity contribution < 1.29 is 0 Å². The maximum Gasteiger partial charge on any atom is 0.0794 e. The van der Waals surface area contributed by atoms with Gasteiger partial charge in [0.1, 0.15) is 0 Å². The van der Waals surface area contributed by atoms with E-state index in [1.54, 1.807) is 11.3 Å². The average Bonchev–Trinajstić information content (AvgIpc) is 2.91. The Hall–Kier alpha value is -1.19. The van der Waals surface area contributed by atoms with E-state index >= 15 is 0 Å². The van der Waals surface area contributed by atoms with Gasteiger partial charge in [0, 0.05) is 24.4 Å². The van der Waals surface area contributed by atoms with Crippen LogP contribution in [0.5, 0.6) is 0 Å². The van der Waals surface area contributed by atoms with Crippen molar-refractivity contribution in [3.8, 4) is 0 Å². The van der Waals surface area contributed by atoms with E-state index in [-0.39, 0.29) is 5.41 Å². The van der Waals surface area contributed by atoms with Gasteiger partial charge in [-0.05, 0) is 23.5 Å². The molecule has 0 aliphatic carbocycles. The molecule has 0 saturated heterocycles. The predicted octanol–water partition coefficient (Wildman–Crippen LogP) is 4.33. The van der Waals surface area contributed by atoms with E-state index in [4.69, 9.17) is 0 Å². The average molecular weight is 288 g/mol. The first kappa shape index (κ1) is 15.2. The summed E-state index contributed by atoms with van der Waals surface area (Å²) in [7, 11) is 0. The minimum atomic E-state index is 0.222. The smallest absolute Gasteiger partial charge is 0.0794 e. The van der Waals surface area contributed by atoms with Gasteiger partial charge in [-0.3, -0.25) is 0 Å². The fourth-order valence-electron chi connectivity index (χ4n) is 2.17. The summed E-state index contributed by atoms with van der Waals surface area (Å²) in [5.41, 5.74) is 6.02. The molecule has 0 amide bonds. The van der Waals surface area contributed by atoms with Crippen LogP contribution in [-0.2, 0) is 11.8 Å². The summed E-state index contributed by atoms with van der Waals surface area (Å²) in [5.74, 6) is 0. The molecule has 2 nitrogen and oxygen atoms in total. The molecule has 0 bridgehead atoms. The summed E-state index contributed by atoms with van der Waals surface area (Å²) in [4.78, 5) is 4.30. The summed E-state index contributed by atoms with van der Waals surface area (Å²) in [6, 6.07) is 9.34. The lowest BCUT2D eigenvalue weighted by Gasteiger charge is -2.20. The van der Waals surface area contributed by atoms with Crippen LogP contribution in [0.2, 0.25) is 0 Å². The standard InChI is InChI=1S/C17H24N2S/c1-13(18-10-9-16-11-20-12-19-16)14-5-7-15(8-6-14)17(2,3)4/h5-8,11-13,18H,9-10H2,1-4H3. The van der Waals surface area contributed by atoms with E-state index in [1.807, 2.05) is 5.51 Å². The van der Waals surface area contributed by atoms with Gasteiger partial charge in [0.25, 0.3) is 0 Å². The quantitative estimate of drug-likeness (QED) is 0.885. The molecule has 1 unspecified atom stereocenters. The molecule has 2 aromatic rings. The van der Waals surface area contributed by atoms with Crippen LogP contribution in [0, 0.1) is 0 Å². The highest BCUT2D eigenvalue weighted by molar-refractivity contribution is 7.07. The molecule has 1 aromatic heterocycles. The molecular weight excluding hydrogens is 264 g/mol. The summed E-state index contributed by atoms with van der Waals surface area (Å²) < 4.78 is 0. The van der Waals surface area contributed by atoms with Gasteiger partial charge in [-0.1, -0.05) is 45.0 Å². The summed E-state index contributed by atoms with van der Waals surface area (Å²) in [5, 5.41) is 5.68. The molecule has 2 rings (SSSR count). The Bertz CT molecular complexity index is 509. The number of hydrogen-bond acceptors (Lipinski definition) is 3. The van der Waals surface area contributed by atoms with Gasteiger partial charge in [-0.25, -0.2) is 4.98 Å². The largest absolute Gasteiger partial charge is 0.310 e. The van der Waals surface area contributed by atoms with Gasteiger partial charge in [0.15, 0.2) is 0 Å². The third-order valence-corrected chi connectivity index (χ3v) is 4.23. The van der Waals surface area contributed by atoms with Gasteiger partial charge >= 0.3 is 0 Å². The molecule has 1 N–H and O–H groups in total. The Kier molecular flexibility index (Phi) is 4.95. The normalized spacial score (nSPS) is 13.4. The third-order valence-electron chi connectivity index (χ3n) is 3.59. The molecule has 0 aliphatic heterocycles. The predicted molar refractivity (Wildman–Crippen MR) is 87.4 cm³/mol. The Morgan fingerprint density at radius 2 is 1.90 bits per heavy atom.